The number of hydrogen-bond acceptors (Lipinski definition) is 6. The Balaban J connectivity index is 2.39. The number of anilines is 1. The molecule has 3 aromatic carbocycles. The number of carbonyl (C=O) groups is 1. The van der Waals surface area contributed by atoms with Crippen molar-refractivity contribution in [1.29, 1.82) is 0 Å². The Morgan fingerprint density at radius 3 is 2.22 bits per heavy atom. The average Bonchev–Trinajstić information content (AvgIpc) is 2.82. The maximum atomic E-state index is 13.8. The van der Waals surface area contributed by atoms with E-state index in [1.165, 1.54) is 32.4 Å². The Hall–Kier alpha value is -3.58. The summed E-state index contributed by atoms with van der Waals surface area (Å²) in [4.78, 5) is 12.8. The van der Waals surface area contributed by atoms with Crippen LogP contribution in [0.25, 0.3) is 6.08 Å². The van der Waals surface area contributed by atoms with Crippen molar-refractivity contribution in [3.8, 4) is 5.75 Å². The van der Waals surface area contributed by atoms with Gasteiger partial charge in [0.1, 0.15) is 5.75 Å². The van der Waals surface area contributed by atoms with E-state index in [0.29, 0.717) is 23.3 Å². The molecule has 32 heavy (non-hydrogen) atoms. The smallest absolute Gasteiger partial charge is 0.339 e. The Morgan fingerprint density at radius 1 is 1.06 bits per heavy atom. The van der Waals surface area contributed by atoms with Gasteiger partial charge in [-0.25, -0.2) is 13.2 Å². The minimum atomic E-state index is -4.15. The highest BCUT2D eigenvalue weighted by Gasteiger charge is 2.33. The van der Waals surface area contributed by atoms with Crippen molar-refractivity contribution in [3.05, 3.63) is 89.0 Å². The molecular formula is C25H25NO5S. The maximum absolute atomic E-state index is 13.8. The SMILES string of the molecule is C=Cc1c(N)c(C)c(Cc2ccccc2)c(C(=O)OC)c1S(=O)(=O)c1ccc(OC)cc1. The highest BCUT2D eigenvalue weighted by atomic mass is 32.2. The van der Waals surface area contributed by atoms with Gasteiger partial charge in [0.25, 0.3) is 0 Å². The zero-order valence-electron chi connectivity index (χ0n) is 18.2. The summed E-state index contributed by atoms with van der Waals surface area (Å²) in [7, 11) is -1.44. The van der Waals surface area contributed by atoms with Gasteiger partial charge in [-0.15, -0.1) is 0 Å². The standard InChI is InChI=1S/C25H25NO5S/c1-5-20-23(26)16(2)21(15-17-9-7-6-8-10-17)22(25(27)31-4)24(20)32(28,29)19-13-11-18(30-3)12-14-19/h5-14H,1,15,26H2,2-4H3. The van der Waals surface area contributed by atoms with Crippen molar-refractivity contribution >= 4 is 27.6 Å². The molecule has 3 aromatic rings. The Kier molecular flexibility index (Phi) is 6.69. The molecule has 0 unspecified atom stereocenters. The fourth-order valence-corrected chi connectivity index (χ4v) is 5.33. The third-order valence-corrected chi connectivity index (χ3v) is 7.23. The summed E-state index contributed by atoms with van der Waals surface area (Å²) in [6.07, 6.45) is 1.67. The molecule has 3 rings (SSSR count). The van der Waals surface area contributed by atoms with Gasteiger partial charge in [-0.2, -0.15) is 0 Å². The van der Waals surface area contributed by atoms with Crippen LogP contribution in [-0.2, 0) is 21.0 Å². The van der Waals surface area contributed by atoms with Crippen LogP contribution in [0.1, 0.15) is 32.6 Å². The molecule has 0 aliphatic carbocycles. The Labute approximate surface area is 188 Å². The molecule has 166 valence electrons. The van der Waals surface area contributed by atoms with Crippen molar-refractivity contribution in [3.63, 3.8) is 0 Å². The van der Waals surface area contributed by atoms with Crippen molar-refractivity contribution in [2.75, 3.05) is 20.0 Å². The largest absolute Gasteiger partial charge is 0.497 e. The molecule has 0 fully saturated rings. The molecule has 0 spiro atoms. The van der Waals surface area contributed by atoms with Crippen LogP contribution >= 0.6 is 0 Å². The first-order valence-corrected chi connectivity index (χ1v) is 11.3. The third-order valence-electron chi connectivity index (χ3n) is 5.38. The lowest BCUT2D eigenvalue weighted by Gasteiger charge is -2.21. The van der Waals surface area contributed by atoms with E-state index in [0.717, 1.165) is 5.56 Å². The first-order valence-electron chi connectivity index (χ1n) is 9.85. The normalized spacial score (nSPS) is 11.1. The summed E-state index contributed by atoms with van der Waals surface area (Å²) >= 11 is 0. The summed E-state index contributed by atoms with van der Waals surface area (Å²) in [6.45, 7) is 5.51. The number of sulfone groups is 1. The van der Waals surface area contributed by atoms with Gasteiger partial charge in [0, 0.05) is 11.3 Å². The Morgan fingerprint density at radius 2 is 1.69 bits per heavy atom. The number of nitrogen functional groups attached to an aromatic ring is 1. The highest BCUT2D eigenvalue weighted by molar-refractivity contribution is 7.91. The van der Waals surface area contributed by atoms with Gasteiger partial charge in [0.2, 0.25) is 9.84 Å². The van der Waals surface area contributed by atoms with Crippen LogP contribution in [0.3, 0.4) is 0 Å². The molecule has 0 heterocycles. The van der Waals surface area contributed by atoms with Crippen LogP contribution in [-0.4, -0.2) is 28.6 Å². The van der Waals surface area contributed by atoms with Gasteiger partial charge in [-0.1, -0.05) is 43.0 Å². The van der Waals surface area contributed by atoms with Crippen LogP contribution in [0.2, 0.25) is 0 Å². The first kappa shape index (κ1) is 23.1. The monoisotopic (exact) mass is 451 g/mol. The molecule has 0 atom stereocenters. The summed E-state index contributed by atoms with van der Waals surface area (Å²) < 4.78 is 37.7. The Bertz CT molecular complexity index is 1260. The minimum Gasteiger partial charge on any atom is -0.497 e. The van der Waals surface area contributed by atoms with Crippen LogP contribution in [0, 0.1) is 6.92 Å². The van der Waals surface area contributed by atoms with Crippen molar-refractivity contribution in [2.45, 2.75) is 23.1 Å². The number of esters is 1. The van der Waals surface area contributed by atoms with E-state index in [9.17, 15) is 13.2 Å². The van der Waals surface area contributed by atoms with Crippen LogP contribution in [0.4, 0.5) is 5.69 Å². The highest BCUT2D eigenvalue weighted by Crippen LogP contribution is 2.38. The molecule has 0 amide bonds. The van der Waals surface area contributed by atoms with Crippen LogP contribution < -0.4 is 10.5 Å². The van der Waals surface area contributed by atoms with Gasteiger partial charge in [0.15, 0.2) is 0 Å². The average molecular weight is 452 g/mol. The van der Waals surface area contributed by atoms with E-state index in [4.69, 9.17) is 15.2 Å². The first-order chi connectivity index (χ1) is 15.3. The predicted molar refractivity (Wildman–Crippen MR) is 125 cm³/mol. The van der Waals surface area contributed by atoms with E-state index >= 15 is 0 Å². The molecule has 0 aliphatic rings. The third kappa shape index (κ3) is 4.11. The van der Waals surface area contributed by atoms with E-state index in [2.05, 4.69) is 6.58 Å². The van der Waals surface area contributed by atoms with E-state index in [1.54, 1.807) is 19.1 Å². The molecule has 7 heteroatoms. The molecule has 0 aromatic heterocycles. The van der Waals surface area contributed by atoms with Crippen molar-refractivity contribution in [2.24, 2.45) is 0 Å². The maximum Gasteiger partial charge on any atom is 0.339 e. The molecule has 0 bridgehead atoms. The summed E-state index contributed by atoms with van der Waals surface area (Å²) in [5.41, 5.74) is 8.78. The van der Waals surface area contributed by atoms with Gasteiger partial charge >= 0.3 is 5.97 Å². The van der Waals surface area contributed by atoms with Crippen LogP contribution in [0.15, 0.2) is 71.0 Å². The quantitative estimate of drug-likeness (QED) is 0.421. The summed E-state index contributed by atoms with van der Waals surface area (Å²) in [6, 6.07) is 15.4. The number of methoxy groups -OCH3 is 2. The topological polar surface area (TPSA) is 95.7 Å². The van der Waals surface area contributed by atoms with Gasteiger partial charge in [-0.05, 0) is 54.3 Å². The summed E-state index contributed by atoms with van der Waals surface area (Å²) in [5.74, 6) is -0.247. The van der Waals surface area contributed by atoms with Gasteiger partial charge < -0.3 is 15.2 Å². The molecule has 0 saturated heterocycles. The number of ether oxygens (including phenoxy) is 2. The van der Waals surface area contributed by atoms with Crippen molar-refractivity contribution in [1.82, 2.24) is 0 Å². The summed E-state index contributed by atoms with van der Waals surface area (Å²) in [5, 5.41) is 0. The van der Waals surface area contributed by atoms with E-state index in [-0.39, 0.29) is 26.6 Å². The number of rotatable bonds is 7. The zero-order chi connectivity index (χ0) is 23.5. The van der Waals surface area contributed by atoms with Gasteiger partial charge in [-0.3, -0.25) is 0 Å². The number of nitrogens with two attached hydrogens (primary N) is 1. The lowest BCUT2D eigenvalue weighted by atomic mass is 9.91. The number of hydrogen-bond donors (Lipinski definition) is 1. The molecule has 2 N–H and O–H groups in total. The lowest BCUT2D eigenvalue weighted by Crippen LogP contribution is -2.19. The van der Waals surface area contributed by atoms with Gasteiger partial charge in [0.05, 0.1) is 29.6 Å². The second kappa shape index (κ2) is 9.28. The van der Waals surface area contributed by atoms with E-state index < -0.39 is 15.8 Å². The van der Waals surface area contributed by atoms with Crippen molar-refractivity contribution < 1.29 is 22.7 Å². The predicted octanol–water partition coefficient (Wildman–Crippen LogP) is 4.44. The molecular weight excluding hydrogens is 426 g/mol. The fraction of sp³-hybridized carbons (Fsp3) is 0.160. The molecule has 0 saturated carbocycles. The molecule has 0 radical (unpaired) electrons. The molecule has 6 nitrogen and oxygen atoms in total. The second-order valence-electron chi connectivity index (χ2n) is 7.17. The zero-order valence-corrected chi connectivity index (χ0v) is 19.0. The van der Waals surface area contributed by atoms with Crippen LogP contribution in [0.5, 0.6) is 5.75 Å². The number of carbonyl (C=O) groups excluding carboxylic acids is 1. The van der Waals surface area contributed by atoms with E-state index in [1.807, 2.05) is 30.3 Å². The number of benzene rings is 3. The lowest BCUT2D eigenvalue weighted by molar-refractivity contribution is 0.0595. The minimum absolute atomic E-state index is 0.000433. The second-order valence-corrected chi connectivity index (χ2v) is 9.06. The fourth-order valence-electron chi connectivity index (χ4n) is 3.64. The molecule has 0 aliphatic heterocycles.